The molecule has 17 heavy (non-hydrogen) atoms. The van der Waals surface area contributed by atoms with Gasteiger partial charge in [-0.3, -0.25) is 0 Å². The number of aromatic hydroxyl groups is 1. The van der Waals surface area contributed by atoms with Crippen LogP contribution in [0.2, 0.25) is 0 Å². The van der Waals surface area contributed by atoms with Crippen molar-refractivity contribution in [1.82, 2.24) is 0 Å². The highest BCUT2D eigenvalue weighted by atomic mass is 16.3. The molecule has 0 atom stereocenters. The Balaban J connectivity index is 2.48. The highest BCUT2D eigenvalue weighted by Crippen LogP contribution is 2.17. The fraction of sp³-hybridized carbons (Fsp3) is 0.375. The van der Waals surface area contributed by atoms with Crippen molar-refractivity contribution >= 4 is 0 Å². The van der Waals surface area contributed by atoms with Gasteiger partial charge in [0.1, 0.15) is 5.75 Å². The van der Waals surface area contributed by atoms with Crippen LogP contribution in [0.5, 0.6) is 5.75 Å². The molecule has 0 saturated carbocycles. The molecule has 0 unspecified atom stereocenters. The van der Waals surface area contributed by atoms with E-state index in [0.29, 0.717) is 5.75 Å². The van der Waals surface area contributed by atoms with E-state index in [2.05, 4.69) is 32.9 Å². The van der Waals surface area contributed by atoms with Crippen LogP contribution in [0.1, 0.15) is 39.2 Å². The molecular formula is C16H22O. The maximum atomic E-state index is 9.63. The molecule has 0 bridgehead atoms. The normalized spacial score (nSPS) is 11.4. The number of phenolic OH excluding ortho intramolecular Hbond substituents is 1. The molecule has 0 spiro atoms. The average Bonchev–Trinajstić information content (AvgIpc) is 2.27. The van der Waals surface area contributed by atoms with Crippen molar-refractivity contribution in [2.45, 2.75) is 40.0 Å². The third-order valence-corrected chi connectivity index (χ3v) is 2.75. The molecule has 0 radical (unpaired) electrons. The smallest absolute Gasteiger partial charge is 0.119 e. The van der Waals surface area contributed by atoms with Gasteiger partial charge < -0.3 is 5.11 Å². The molecule has 1 aromatic carbocycles. The summed E-state index contributed by atoms with van der Waals surface area (Å²) in [5.41, 5.74) is 3.75. The molecule has 1 nitrogen and oxygen atoms in total. The fourth-order valence-corrected chi connectivity index (χ4v) is 1.66. The molecule has 0 fully saturated rings. The molecule has 1 heteroatoms. The number of rotatable bonds is 5. The Labute approximate surface area is 104 Å². The molecule has 0 aliphatic rings. The first kappa shape index (κ1) is 13.6. The third-order valence-electron chi connectivity index (χ3n) is 2.75. The largest absolute Gasteiger partial charge is 0.508 e. The number of allylic oxidation sites excluding steroid dienone is 4. The molecule has 1 rings (SSSR count). The Bertz CT molecular complexity index is 409. The Morgan fingerprint density at radius 3 is 2.47 bits per heavy atom. The SMILES string of the molecule is CC(C)=CCC/C(C)=C/Cc1ccccc1O. The highest BCUT2D eigenvalue weighted by molar-refractivity contribution is 5.33. The van der Waals surface area contributed by atoms with E-state index in [1.807, 2.05) is 18.2 Å². The van der Waals surface area contributed by atoms with E-state index >= 15 is 0 Å². The maximum Gasteiger partial charge on any atom is 0.119 e. The second kappa shape index (κ2) is 6.95. The van der Waals surface area contributed by atoms with Crippen LogP contribution >= 0.6 is 0 Å². The monoisotopic (exact) mass is 230 g/mol. The molecule has 1 aromatic rings. The van der Waals surface area contributed by atoms with E-state index in [0.717, 1.165) is 24.8 Å². The van der Waals surface area contributed by atoms with Gasteiger partial charge in [0.05, 0.1) is 0 Å². The number of para-hydroxylation sites is 1. The molecule has 0 aromatic heterocycles. The van der Waals surface area contributed by atoms with Crippen molar-refractivity contribution in [3.05, 3.63) is 53.1 Å². The van der Waals surface area contributed by atoms with Crippen molar-refractivity contribution in [2.75, 3.05) is 0 Å². The van der Waals surface area contributed by atoms with Gasteiger partial charge in [-0.25, -0.2) is 0 Å². The second-order valence-electron chi connectivity index (χ2n) is 4.70. The topological polar surface area (TPSA) is 20.2 Å². The first-order valence-corrected chi connectivity index (χ1v) is 6.15. The fourth-order valence-electron chi connectivity index (χ4n) is 1.66. The average molecular weight is 230 g/mol. The minimum absolute atomic E-state index is 0.390. The van der Waals surface area contributed by atoms with E-state index in [-0.39, 0.29) is 0 Å². The lowest BCUT2D eigenvalue weighted by Crippen LogP contribution is -1.84. The summed E-state index contributed by atoms with van der Waals surface area (Å²) < 4.78 is 0. The standard InChI is InChI=1S/C16H22O/c1-13(2)7-6-8-14(3)11-12-15-9-4-5-10-16(15)17/h4-5,7,9-11,17H,6,8,12H2,1-3H3/b14-11+. The van der Waals surface area contributed by atoms with Crippen molar-refractivity contribution in [2.24, 2.45) is 0 Å². The molecule has 92 valence electrons. The lowest BCUT2D eigenvalue weighted by molar-refractivity contribution is 0.469. The van der Waals surface area contributed by atoms with E-state index < -0.39 is 0 Å². The number of benzene rings is 1. The summed E-state index contributed by atoms with van der Waals surface area (Å²) in [6.07, 6.45) is 7.47. The van der Waals surface area contributed by atoms with E-state index in [1.54, 1.807) is 6.07 Å². The van der Waals surface area contributed by atoms with Crippen LogP contribution in [0.15, 0.2) is 47.6 Å². The lowest BCUT2D eigenvalue weighted by Gasteiger charge is -2.02. The third kappa shape index (κ3) is 5.39. The Hall–Kier alpha value is -1.50. The van der Waals surface area contributed by atoms with Crippen molar-refractivity contribution in [1.29, 1.82) is 0 Å². The van der Waals surface area contributed by atoms with Crippen LogP contribution < -0.4 is 0 Å². The van der Waals surface area contributed by atoms with Crippen molar-refractivity contribution < 1.29 is 5.11 Å². The van der Waals surface area contributed by atoms with Gasteiger partial charge in [-0.2, -0.15) is 0 Å². The van der Waals surface area contributed by atoms with Crippen LogP contribution in [-0.4, -0.2) is 5.11 Å². The predicted molar refractivity (Wildman–Crippen MR) is 74.2 cm³/mol. The number of hydrogen-bond acceptors (Lipinski definition) is 1. The van der Waals surface area contributed by atoms with Gasteiger partial charge in [-0.05, 0) is 51.7 Å². The Kier molecular flexibility index (Phi) is 5.55. The van der Waals surface area contributed by atoms with Gasteiger partial charge in [0.15, 0.2) is 0 Å². The van der Waals surface area contributed by atoms with E-state index in [4.69, 9.17) is 0 Å². The molecule has 0 saturated heterocycles. The number of hydrogen-bond donors (Lipinski definition) is 1. The first-order chi connectivity index (χ1) is 8.09. The van der Waals surface area contributed by atoms with Gasteiger partial charge >= 0.3 is 0 Å². The minimum atomic E-state index is 0.390. The van der Waals surface area contributed by atoms with Gasteiger partial charge in [-0.15, -0.1) is 0 Å². The summed E-state index contributed by atoms with van der Waals surface area (Å²) in [4.78, 5) is 0. The zero-order valence-corrected chi connectivity index (χ0v) is 11.0. The summed E-state index contributed by atoms with van der Waals surface area (Å²) in [6.45, 7) is 6.40. The molecule has 0 amide bonds. The van der Waals surface area contributed by atoms with Crippen LogP contribution in [0.25, 0.3) is 0 Å². The van der Waals surface area contributed by atoms with Crippen LogP contribution in [0, 0.1) is 0 Å². The molecule has 0 aliphatic carbocycles. The van der Waals surface area contributed by atoms with Crippen LogP contribution in [0.3, 0.4) is 0 Å². The summed E-state index contributed by atoms with van der Waals surface area (Å²) in [5.74, 6) is 0.390. The maximum absolute atomic E-state index is 9.63. The van der Waals surface area contributed by atoms with Gasteiger partial charge in [0.25, 0.3) is 0 Å². The van der Waals surface area contributed by atoms with E-state index in [9.17, 15) is 5.11 Å². The number of phenols is 1. The zero-order valence-electron chi connectivity index (χ0n) is 11.0. The Morgan fingerprint density at radius 2 is 1.82 bits per heavy atom. The van der Waals surface area contributed by atoms with Crippen LogP contribution in [0.4, 0.5) is 0 Å². The minimum Gasteiger partial charge on any atom is -0.508 e. The molecule has 0 aliphatic heterocycles. The van der Waals surface area contributed by atoms with Gasteiger partial charge in [-0.1, -0.05) is 41.5 Å². The summed E-state index contributed by atoms with van der Waals surface area (Å²) in [5, 5.41) is 9.63. The van der Waals surface area contributed by atoms with Crippen LogP contribution in [-0.2, 0) is 6.42 Å². The summed E-state index contributed by atoms with van der Waals surface area (Å²) in [6, 6.07) is 7.52. The summed E-state index contributed by atoms with van der Waals surface area (Å²) >= 11 is 0. The van der Waals surface area contributed by atoms with Gasteiger partial charge in [0.2, 0.25) is 0 Å². The molecular weight excluding hydrogens is 208 g/mol. The van der Waals surface area contributed by atoms with Crippen molar-refractivity contribution in [3.8, 4) is 5.75 Å². The lowest BCUT2D eigenvalue weighted by atomic mass is 10.1. The van der Waals surface area contributed by atoms with Crippen molar-refractivity contribution in [3.63, 3.8) is 0 Å². The zero-order chi connectivity index (χ0) is 12.7. The highest BCUT2D eigenvalue weighted by Gasteiger charge is 1.97. The second-order valence-corrected chi connectivity index (χ2v) is 4.70. The first-order valence-electron chi connectivity index (χ1n) is 6.15. The molecule has 1 N–H and O–H groups in total. The quantitative estimate of drug-likeness (QED) is 0.731. The molecule has 0 heterocycles. The van der Waals surface area contributed by atoms with Gasteiger partial charge in [0, 0.05) is 0 Å². The predicted octanol–water partition coefficient (Wildman–Crippen LogP) is 4.63. The Morgan fingerprint density at radius 1 is 1.12 bits per heavy atom. The van der Waals surface area contributed by atoms with E-state index in [1.165, 1.54) is 11.1 Å². The summed E-state index contributed by atoms with van der Waals surface area (Å²) in [7, 11) is 0.